The molecule has 6 nitrogen and oxygen atoms in total. The predicted octanol–water partition coefficient (Wildman–Crippen LogP) is 0.233. The molecule has 1 aliphatic heterocycles. The summed E-state index contributed by atoms with van der Waals surface area (Å²) in [5.41, 5.74) is -0.209. The minimum Gasteiger partial charge on any atom is -0.394 e. The number of nitrogens with one attached hydrogen (secondary N) is 1. The van der Waals surface area contributed by atoms with Crippen molar-refractivity contribution in [3.8, 4) is 0 Å². The van der Waals surface area contributed by atoms with Crippen LogP contribution in [0.15, 0.2) is 6.33 Å². The smallest absolute Gasteiger partial charge is 0.147 e. The van der Waals surface area contributed by atoms with Crippen molar-refractivity contribution in [2.24, 2.45) is 0 Å². The molecule has 0 saturated heterocycles. The third-order valence-corrected chi connectivity index (χ3v) is 3.99. The van der Waals surface area contributed by atoms with E-state index in [1.165, 1.54) is 0 Å². The lowest BCUT2D eigenvalue weighted by Crippen LogP contribution is -2.51. The number of aliphatic hydroxyl groups excluding tert-OH is 1. The van der Waals surface area contributed by atoms with Crippen LogP contribution in [-0.2, 0) is 13.1 Å². The number of likely N-dealkylation sites (N-methyl/N-ethyl adjacent to an activating group) is 1. The van der Waals surface area contributed by atoms with E-state index in [1.807, 2.05) is 0 Å². The van der Waals surface area contributed by atoms with Crippen molar-refractivity contribution >= 4 is 0 Å². The SMILES string of the molecule is CCNC(C)(CO)CC(C)N1CCn2cnnc2C1. The standard InChI is InChI=1S/C13H25N5O/c1-4-14-13(3,9-19)7-11(2)17-5-6-18-10-15-16-12(18)8-17/h10-11,14,19H,4-9H2,1-3H3. The van der Waals surface area contributed by atoms with Crippen LogP contribution in [-0.4, -0.2) is 56.0 Å². The van der Waals surface area contributed by atoms with Gasteiger partial charge in [-0.2, -0.15) is 0 Å². The van der Waals surface area contributed by atoms with E-state index >= 15 is 0 Å². The summed E-state index contributed by atoms with van der Waals surface area (Å²) in [6.07, 6.45) is 2.72. The molecular weight excluding hydrogens is 242 g/mol. The monoisotopic (exact) mass is 267 g/mol. The van der Waals surface area contributed by atoms with Gasteiger partial charge in [-0.15, -0.1) is 10.2 Å². The third-order valence-electron chi connectivity index (χ3n) is 3.99. The molecular formula is C13H25N5O. The van der Waals surface area contributed by atoms with Gasteiger partial charge in [0.2, 0.25) is 0 Å². The van der Waals surface area contributed by atoms with E-state index in [4.69, 9.17) is 0 Å². The number of aliphatic hydroxyl groups is 1. The summed E-state index contributed by atoms with van der Waals surface area (Å²) in [7, 11) is 0. The number of hydrogen-bond donors (Lipinski definition) is 2. The van der Waals surface area contributed by atoms with E-state index < -0.39 is 0 Å². The Hall–Kier alpha value is -0.980. The molecule has 0 aromatic carbocycles. The number of rotatable bonds is 6. The van der Waals surface area contributed by atoms with Gasteiger partial charge in [-0.05, 0) is 26.8 Å². The molecule has 108 valence electrons. The highest BCUT2D eigenvalue weighted by molar-refractivity contribution is 4.93. The van der Waals surface area contributed by atoms with Crippen molar-refractivity contribution in [2.45, 2.75) is 51.9 Å². The summed E-state index contributed by atoms with van der Waals surface area (Å²) < 4.78 is 2.11. The molecule has 1 aliphatic rings. The number of hydrogen-bond acceptors (Lipinski definition) is 5. The minimum atomic E-state index is -0.209. The zero-order valence-electron chi connectivity index (χ0n) is 12.1. The lowest BCUT2D eigenvalue weighted by atomic mass is 9.93. The van der Waals surface area contributed by atoms with Gasteiger partial charge in [0.1, 0.15) is 12.2 Å². The lowest BCUT2D eigenvalue weighted by molar-refractivity contribution is 0.0983. The second-order valence-electron chi connectivity index (χ2n) is 5.71. The summed E-state index contributed by atoms with van der Waals surface area (Å²) in [6, 6.07) is 0.404. The fourth-order valence-electron chi connectivity index (χ4n) is 2.86. The van der Waals surface area contributed by atoms with Crippen molar-refractivity contribution in [1.82, 2.24) is 25.0 Å². The molecule has 0 bridgehead atoms. The van der Waals surface area contributed by atoms with Crippen molar-refractivity contribution < 1.29 is 5.11 Å². The summed E-state index contributed by atoms with van der Waals surface area (Å²) in [4.78, 5) is 2.41. The van der Waals surface area contributed by atoms with Crippen LogP contribution in [0.4, 0.5) is 0 Å². The quantitative estimate of drug-likeness (QED) is 0.772. The maximum atomic E-state index is 9.58. The van der Waals surface area contributed by atoms with E-state index in [1.54, 1.807) is 6.33 Å². The highest BCUT2D eigenvalue weighted by atomic mass is 16.3. The van der Waals surface area contributed by atoms with Crippen LogP contribution in [0.1, 0.15) is 33.0 Å². The Morgan fingerprint density at radius 3 is 3.00 bits per heavy atom. The zero-order valence-corrected chi connectivity index (χ0v) is 12.1. The Balaban J connectivity index is 1.95. The van der Waals surface area contributed by atoms with Gasteiger partial charge in [0.25, 0.3) is 0 Å². The van der Waals surface area contributed by atoms with Crippen molar-refractivity contribution in [3.05, 3.63) is 12.2 Å². The highest BCUT2D eigenvalue weighted by Crippen LogP contribution is 2.19. The first-order valence-electron chi connectivity index (χ1n) is 7.04. The van der Waals surface area contributed by atoms with Crippen LogP contribution in [0.2, 0.25) is 0 Å². The third kappa shape index (κ3) is 3.32. The first-order chi connectivity index (χ1) is 9.08. The maximum Gasteiger partial charge on any atom is 0.147 e. The molecule has 0 fully saturated rings. The molecule has 2 rings (SSSR count). The average molecular weight is 267 g/mol. The molecule has 2 unspecified atom stereocenters. The van der Waals surface area contributed by atoms with Gasteiger partial charge in [0, 0.05) is 24.7 Å². The molecule has 0 radical (unpaired) electrons. The van der Waals surface area contributed by atoms with Crippen LogP contribution in [0.25, 0.3) is 0 Å². The topological polar surface area (TPSA) is 66.2 Å². The second kappa shape index (κ2) is 5.98. The second-order valence-corrected chi connectivity index (χ2v) is 5.71. The Bertz CT molecular complexity index is 407. The average Bonchev–Trinajstić information content (AvgIpc) is 2.86. The molecule has 1 aromatic rings. The zero-order chi connectivity index (χ0) is 13.9. The Kier molecular flexibility index (Phi) is 4.54. The van der Waals surface area contributed by atoms with E-state index in [9.17, 15) is 5.11 Å². The van der Waals surface area contributed by atoms with Gasteiger partial charge < -0.3 is 15.0 Å². The highest BCUT2D eigenvalue weighted by Gasteiger charge is 2.29. The molecule has 0 spiro atoms. The van der Waals surface area contributed by atoms with Gasteiger partial charge in [-0.3, -0.25) is 4.90 Å². The van der Waals surface area contributed by atoms with E-state index in [2.05, 4.69) is 45.8 Å². The Labute approximate surface area is 114 Å². The lowest BCUT2D eigenvalue weighted by Gasteiger charge is -2.38. The van der Waals surface area contributed by atoms with Crippen LogP contribution in [0, 0.1) is 0 Å². The largest absolute Gasteiger partial charge is 0.394 e. The molecule has 0 amide bonds. The van der Waals surface area contributed by atoms with Gasteiger partial charge in [0.05, 0.1) is 13.2 Å². The van der Waals surface area contributed by atoms with Gasteiger partial charge in [-0.1, -0.05) is 6.92 Å². The van der Waals surface area contributed by atoms with Crippen LogP contribution in [0.3, 0.4) is 0 Å². The summed E-state index contributed by atoms with van der Waals surface area (Å²) in [5.74, 6) is 1.03. The van der Waals surface area contributed by atoms with Crippen LogP contribution in [0.5, 0.6) is 0 Å². The number of aromatic nitrogens is 3. The normalized spacial score (nSPS) is 20.8. The van der Waals surface area contributed by atoms with E-state index in [-0.39, 0.29) is 12.1 Å². The molecule has 2 heterocycles. The van der Waals surface area contributed by atoms with Crippen molar-refractivity contribution in [3.63, 3.8) is 0 Å². The Morgan fingerprint density at radius 2 is 2.32 bits per heavy atom. The van der Waals surface area contributed by atoms with Gasteiger partial charge in [0.15, 0.2) is 0 Å². The molecule has 0 aliphatic carbocycles. The fourth-order valence-corrected chi connectivity index (χ4v) is 2.86. The minimum absolute atomic E-state index is 0.162. The van der Waals surface area contributed by atoms with Crippen LogP contribution >= 0.6 is 0 Å². The van der Waals surface area contributed by atoms with Crippen molar-refractivity contribution in [1.29, 1.82) is 0 Å². The number of nitrogens with zero attached hydrogens (tertiary/aromatic N) is 4. The van der Waals surface area contributed by atoms with Gasteiger partial charge in [-0.25, -0.2) is 0 Å². The van der Waals surface area contributed by atoms with Crippen LogP contribution < -0.4 is 5.32 Å². The summed E-state index contributed by atoms with van der Waals surface area (Å²) in [6.45, 7) is 10.2. The first kappa shape index (κ1) is 14.4. The summed E-state index contributed by atoms with van der Waals surface area (Å²) in [5, 5.41) is 21.1. The van der Waals surface area contributed by atoms with E-state index in [0.717, 1.165) is 38.4 Å². The molecule has 19 heavy (non-hydrogen) atoms. The van der Waals surface area contributed by atoms with E-state index in [0.29, 0.717) is 6.04 Å². The fraction of sp³-hybridized carbons (Fsp3) is 0.846. The Morgan fingerprint density at radius 1 is 1.53 bits per heavy atom. The molecule has 2 atom stereocenters. The molecule has 2 N–H and O–H groups in total. The predicted molar refractivity (Wildman–Crippen MR) is 73.7 cm³/mol. The molecule has 1 aromatic heterocycles. The van der Waals surface area contributed by atoms with Gasteiger partial charge >= 0.3 is 0 Å². The number of fused-ring (bicyclic) bond motifs is 1. The first-order valence-corrected chi connectivity index (χ1v) is 7.04. The molecule has 0 saturated carbocycles. The molecule has 6 heteroatoms. The maximum absolute atomic E-state index is 9.58. The van der Waals surface area contributed by atoms with Crippen molar-refractivity contribution in [2.75, 3.05) is 19.7 Å². The summed E-state index contributed by atoms with van der Waals surface area (Å²) >= 11 is 0.